The van der Waals surface area contributed by atoms with Gasteiger partial charge >= 0.3 is 6.03 Å². The van der Waals surface area contributed by atoms with E-state index in [2.05, 4.69) is 0 Å². The van der Waals surface area contributed by atoms with Crippen molar-refractivity contribution in [2.75, 3.05) is 45.8 Å². The number of piperazine rings is 1. The number of carbonyl (C=O) groups is 2. The summed E-state index contributed by atoms with van der Waals surface area (Å²) in [6.07, 6.45) is 6.38. The lowest BCUT2D eigenvalue weighted by atomic mass is 9.71. The molecule has 2 rings (SSSR count). The molecule has 0 unspecified atom stereocenters. The molecule has 0 aromatic heterocycles. The fourth-order valence-corrected chi connectivity index (χ4v) is 4.03. The van der Waals surface area contributed by atoms with Crippen LogP contribution < -0.4 is 5.73 Å². The number of carbonyl (C=O) groups excluding carboxylic acids is 2. The fraction of sp³-hybridized carbons (Fsp3) is 0.889. The summed E-state index contributed by atoms with van der Waals surface area (Å²) < 4.78 is 0. The quantitative estimate of drug-likeness (QED) is 0.802. The van der Waals surface area contributed by atoms with E-state index in [1.54, 1.807) is 0 Å². The predicted molar refractivity (Wildman–Crippen MR) is 103 cm³/mol. The maximum Gasteiger partial charge on any atom is 0.320 e. The SMILES string of the molecule is CCN(CC)C(=O)N1CCN(C(=O)CC2(CN)CCCCC2)CC1.Cl. The number of nitrogens with two attached hydrogens (primary N) is 1. The third kappa shape index (κ3) is 5.48. The van der Waals surface area contributed by atoms with Gasteiger partial charge in [0.15, 0.2) is 0 Å². The van der Waals surface area contributed by atoms with Crippen LogP contribution >= 0.6 is 12.4 Å². The average molecular weight is 375 g/mol. The molecule has 3 amide bonds. The van der Waals surface area contributed by atoms with Gasteiger partial charge in [-0.15, -0.1) is 12.4 Å². The molecule has 1 saturated carbocycles. The Morgan fingerprint density at radius 1 is 0.960 bits per heavy atom. The van der Waals surface area contributed by atoms with Gasteiger partial charge in [0.05, 0.1) is 0 Å². The lowest BCUT2D eigenvalue weighted by Crippen LogP contribution is -2.54. The van der Waals surface area contributed by atoms with Crippen molar-refractivity contribution in [1.29, 1.82) is 0 Å². The van der Waals surface area contributed by atoms with Gasteiger partial charge in [-0.05, 0) is 38.6 Å². The summed E-state index contributed by atoms with van der Waals surface area (Å²) in [4.78, 5) is 30.7. The van der Waals surface area contributed by atoms with Crippen molar-refractivity contribution in [3.05, 3.63) is 0 Å². The van der Waals surface area contributed by atoms with E-state index in [1.165, 1.54) is 19.3 Å². The summed E-state index contributed by atoms with van der Waals surface area (Å²) in [5.41, 5.74) is 6.03. The topological polar surface area (TPSA) is 69.9 Å². The number of amides is 3. The molecule has 25 heavy (non-hydrogen) atoms. The molecule has 1 aliphatic carbocycles. The Balaban J connectivity index is 0.00000312. The molecular formula is C18H35ClN4O2. The number of hydrogen-bond acceptors (Lipinski definition) is 3. The van der Waals surface area contributed by atoms with Crippen LogP contribution in [0.15, 0.2) is 0 Å². The van der Waals surface area contributed by atoms with Gasteiger partial charge in [-0.2, -0.15) is 0 Å². The number of nitrogens with zero attached hydrogens (tertiary/aromatic N) is 3. The van der Waals surface area contributed by atoms with Crippen LogP contribution in [-0.2, 0) is 4.79 Å². The van der Waals surface area contributed by atoms with Crippen molar-refractivity contribution >= 4 is 24.3 Å². The van der Waals surface area contributed by atoms with Gasteiger partial charge in [0, 0.05) is 45.7 Å². The second-order valence-corrected chi connectivity index (χ2v) is 7.26. The van der Waals surface area contributed by atoms with Crippen LogP contribution in [0.3, 0.4) is 0 Å². The first-order valence-corrected chi connectivity index (χ1v) is 9.57. The average Bonchev–Trinajstić information content (AvgIpc) is 2.63. The Hall–Kier alpha value is -1.01. The molecule has 0 radical (unpaired) electrons. The normalized spacial score (nSPS) is 20.0. The molecule has 6 nitrogen and oxygen atoms in total. The van der Waals surface area contributed by atoms with Gasteiger partial charge in [-0.25, -0.2) is 4.79 Å². The van der Waals surface area contributed by atoms with E-state index in [0.717, 1.165) is 25.9 Å². The predicted octanol–water partition coefficient (Wildman–Crippen LogP) is 2.31. The first-order valence-electron chi connectivity index (χ1n) is 9.57. The van der Waals surface area contributed by atoms with Crippen LogP contribution in [0.1, 0.15) is 52.4 Å². The van der Waals surface area contributed by atoms with E-state index >= 15 is 0 Å². The Morgan fingerprint density at radius 3 is 1.96 bits per heavy atom. The molecule has 1 heterocycles. The largest absolute Gasteiger partial charge is 0.339 e. The molecule has 2 N–H and O–H groups in total. The first-order chi connectivity index (χ1) is 11.5. The third-order valence-electron chi connectivity index (χ3n) is 5.81. The van der Waals surface area contributed by atoms with E-state index < -0.39 is 0 Å². The standard InChI is InChI=1S/C18H34N4O2.ClH/c1-3-20(4-2)17(24)22-12-10-21(11-13-22)16(23)14-18(15-19)8-6-5-7-9-18;/h3-15,19H2,1-2H3;1H. The highest BCUT2D eigenvalue weighted by Gasteiger charge is 2.35. The molecule has 1 aliphatic heterocycles. The Kier molecular flexibility index (Phi) is 9.00. The summed E-state index contributed by atoms with van der Waals surface area (Å²) in [6.45, 7) is 8.63. The molecule has 146 valence electrons. The summed E-state index contributed by atoms with van der Waals surface area (Å²) in [5, 5.41) is 0. The van der Waals surface area contributed by atoms with E-state index in [4.69, 9.17) is 5.73 Å². The third-order valence-corrected chi connectivity index (χ3v) is 5.81. The van der Waals surface area contributed by atoms with Gasteiger partial charge in [0.2, 0.25) is 5.91 Å². The second-order valence-electron chi connectivity index (χ2n) is 7.26. The van der Waals surface area contributed by atoms with E-state index in [1.807, 2.05) is 28.5 Å². The molecule has 0 spiro atoms. The zero-order valence-electron chi connectivity index (χ0n) is 15.8. The van der Waals surface area contributed by atoms with Gasteiger partial charge < -0.3 is 20.4 Å². The molecule has 0 aromatic carbocycles. The minimum absolute atomic E-state index is 0. The van der Waals surface area contributed by atoms with Crippen LogP contribution in [0.2, 0.25) is 0 Å². The van der Waals surface area contributed by atoms with Gasteiger partial charge in [0.25, 0.3) is 0 Å². The van der Waals surface area contributed by atoms with Crippen molar-refractivity contribution in [2.45, 2.75) is 52.4 Å². The lowest BCUT2D eigenvalue weighted by Gasteiger charge is -2.40. The zero-order valence-corrected chi connectivity index (χ0v) is 16.7. The number of halogens is 1. The summed E-state index contributed by atoms with van der Waals surface area (Å²) >= 11 is 0. The summed E-state index contributed by atoms with van der Waals surface area (Å²) in [5.74, 6) is 0.220. The van der Waals surface area contributed by atoms with Crippen molar-refractivity contribution < 1.29 is 9.59 Å². The van der Waals surface area contributed by atoms with Crippen LogP contribution in [0.5, 0.6) is 0 Å². The smallest absolute Gasteiger partial charge is 0.320 e. The Morgan fingerprint density at radius 2 is 1.48 bits per heavy atom. The molecule has 1 saturated heterocycles. The maximum absolute atomic E-state index is 12.7. The van der Waals surface area contributed by atoms with E-state index in [-0.39, 0.29) is 29.8 Å². The number of rotatable bonds is 5. The van der Waals surface area contributed by atoms with Gasteiger partial charge in [0.1, 0.15) is 0 Å². The van der Waals surface area contributed by atoms with Crippen molar-refractivity contribution in [3.63, 3.8) is 0 Å². The lowest BCUT2D eigenvalue weighted by molar-refractivity contribution is -0.135. The van der Waals surface area contributed by atoms with Crippen molar-refractivity contribution in [3.8, 4) is 0 Å². The first kappa shape index (κ1) is 22.0. The van der Waals surface area contributed by atoms with Crippen molar-refractivity contribution in [1.82, 2.24) is 14.7 Å². The second kappa shape index (κ2) is 10.2. The van der Waals surface area contributed by atoms with Crippen LogP contribution in [0, 0.1) is 5.41 Å². The molecular weight excluding hydrogens is 340 g/mol. The van der Waals surface area contributed by atoms with Gasteiger partial charge in [-0.3, -0.25) is 4.79 Å². The zero-order chi connectivity index (χ0) is 17.6. The molecule has 0 atom stereocenters. The highest BCUT2D eigenvalue weighted by atomic mass is 35.5. The van der Waals surface area contributed by atoms with Crippen LogP contribution in [-0.4, -0.2) is 72.5 Å². The summed E-state index contributed by atoms with van der Waals surface area (Å²) in [6, 6.07) is 0.0952. The highest BCUT2D eigenvalue weighted by molar-refractivity contribution is 5.85. The summed E-state index contributed by atoms with van der Waals surface area (Å²) in [7, 11) is 0. The molecule has 7 heteroatoms. The maximum atomic E-state index is 12.7. The molecule has 2 fully saturated rings. The molecule has 2 aliphatic rings. The Labute approximate surface area is 158 Å². The molecule has 0 aromatic rings. The number of hydrogen-bond donors (Lipinski definition) is 1. The minimum atomic E-state index is 0. The fourth-order valence-electron chi connectivity index (χ4n) is 4.03. The monoisotopic (exact) mass is 374 g/mol. The Bertz CT molecular complexity index is 429. The highest BCUT2D eigenvalue weighted by Crippen LogP contribution is 2.38. The van der Waals surface area contributed by atoms with E-state index in [0.29, 0.717) is 39.1 Å². The number of urea groups is 1. The van der Waals surface area contributed by atoms with Crippen molar-refractivity contribution in [2.24, 2.45) is 11.1 Å². The van der Waals surface area contributed by atoms with E-state index in [9.17, 15) is 9.59 Å². The van der Waals surface area contributed by atoms with Crippen LogP contribution in [0.25, 0.3) is 0 Å². The minimum Gasteiger partial charge on any atom is -0.339 e. The molecule has 0 bridgehead atoms. The van der Waals surface area contributed by atoms with Gasteiger partial charge in [-0.1, -0.05) is 19.3 Å². The van der Waals surface area contributed by atoms with Crippen LogP contribution in [0.4, 0.5) is 4.79 Å².